The molecule has 1 aliphatic rings. The maximum absolute atomic E-state index is 13.6. The van der Waals surface area contributed by atoms with E-state index in [0.717, 1.165) is 23.6 Å². The lowest BCUT2D eigenvalue weighted by Crippen LogP contribution is -2.37. The van der Waals surface area contributed by atoms with Crippen molar-refractivity contribution in [3.8, 4) is 0 Å². The van der Waals surface area contributed by atoms with Gasteiger partial charge in [-0.1, -0.05) is 38.3 Å². The second kappa shape index (κ2) is 6.51. The molecule has 1 saturated carbocycles. The zero-order valence-electron chi connectivity index (χ0n) is 12.4. The Balaban J connectivity index is 1.98. The van der Waals surface area contributed by atoms with E-state index < -0.39 is 0 Å². The molecule has 106 valence electrons. The highest BCUT2D eigenvalue weighted by molar-refractivity contribution is 5.30. The molecule has 2 unspecified atom stereocenters. The summed E-state index contributed by atoms with van der Waals surface area (Å²) in [5, 5.41) is 3.69. The highest BCUT2D eigenvalue weighted by Crippen LogP contribution is 2.27. The second-order valence-electron chi connectivity index (χ2n) is 5.98. The van der Waals surface area contributed by atoms with Crippen molar-refractivity contribution in [3.63, 3.8) is 0 Å². The van der Waals surface area contributed by atoms with Crippen LogP contribution in [0.2, 0.25) is 0 Å². The topological polar surface area (TPSA) is 12.0 Å². The van der Waals surface area contributed by atoms with Gasteiger partial charge in [0, 0.05) is 12.6 Å². The van der Waals surface area contributed by atoms with Gasteiger partial charge in [-0.2, -0.15) is 0 Å². The maximum Gasteiger partial charge on any atom is 0.129 e. The molecular formula is C17H26FN. The third kappa shape index (κ3) is 3.56. The Labute approximate surface area is 116 Å². The van der Waals surface area contributed by atoms with Crippen molar-refractivity contribution in [2.45, 2.75) is 65.5 Å². The fraction of sp³-hybridized carbons (Fsp3) is 0.647. The van der Waals surface area contributed by atoms with E-state index in [9.17, 15) is 4.39 Å². The Morgan fingerprint density at radius 1 is 1.16 bits per heavy atom. The summed E-state index contributed by atoms with van der Waals surface area (Å²) in [5.41, 5.74) is 2.72. The Morgan fingerprint density at radius 2 is 1.79 bits per heavy atom. The minimum Gasteiger partial charge on any atom is -0.310 e. The first-order chi connectivity index (χ1) is 9.11. The second-order valence-corrected chi connectivity index (χ2v) is 5.98. The first-order valence-electron chi connectivity index (χ1n) is 7.60. The molecule has 0 amide bonds. The van der Waals surface area contributed by atoms with Gasteiger partial charge in [0.2, 0.25) is 0 Å². The van der Waals surface area contributed by atoms with Crippen molar-refractivity contribution in [2.24, 2.45) is 5.92 Å². The van der Waals surface area contributed by atoms with E-state index >= 15 is 0 Å². The van der Waals surface area contributed by atoms with Gasteiger partial charge in [-0.15, -0.1) is 0 Å². The van der Waals surface area contributed by atoms with Crippen LogP contribution in [0, 0.1) is 25.6 Å². The Morgan fingerprint density at radius 3 is 2.42 bits per heavy atom. The van der Waals surface area contributed by atoms with Crippen LogP contribution in [-0.2, 0) is 6.54 Å². The van der Waals surface area contributed by atoms with Crippen LogP contribution in [0.5, 0.6) is 0 Å². The van der Waals surface area contributed by atoms with Crippen molar-refractivity contribution >= 4 is 0 Å². The average Bonchev–Trinajstić information content (AvgIpc) is 2.42. The molecule has 0 bridgehead atoms. The van der Waals surface area contributed by atoms with Crippen LogP contribution in [-0.4, -0.2) is 6.04 Å². The molecule has 1 fully saturated rings. The highest BCUT2D eigenvalue weighted by Gasteiger charge is 2.22. The molecule has 0 aliphatic heterocycles. The minimum atomic E-state index is -0.0622. The van der Waals surface area contributed by atoms with E-state index in [2.05, 4.69) is 12.2 Å². The number of rotatable bonds is 4. The van der Waals surface area contributed by atoms with Gasteiger partial charge in [0.15, 0.2) is 0 Å². The summed E-state index contributed by atoms with van der Waals surface area (Å²) in [6.07, 6.45) is 6.63. The Bertz CT molecular complexity index is 404. The van der Waals surface area contributed by atoms with E-state index in [4.69, 9.17) is 0 Å². The predicted molar refractivity (Wildman–Crippen MR) is 78.8 cm³/mol. The number of halogens is 1. The van der Waals surface area contributed by atoms with Crippen LogP contribution in [0.4, 0.5) is 4.39 Å². The predicted octanol–water partition coefficient (Wildman–Crippen LogP) is 4.50. The van der Waals surface area contributed by atoms with Crippen molar-refractivity contribution in [3.05, 3.63) is 34.6 Å². The molecule has 1 nitrogen and oxygen atoms in total. The highest BCUT2D eigenvalue weighted by atomic mass is 19.1. The van der Waals surface area contributed by atoms with Gasteiger partial charge in [-0.25, -0.2) is 4.39 Å². The third-order valence-corrected chi connectivity index (χ3v) is 4.50. The zero-order valence-corrected chi connectivity index (χ0v) is 12.4. The number of aryl methyl sites for hydroxylation is 2. The molecule has 2 heteroatoms. The van der Waals surface area contributed by atoms with Crippen LogP contribution in [0.15, 0.2) is 12.1 Å². The van der Waals surface area contributed by atoms with E-state index in [1.807, 2.05) is 26.0 Å². The Kier molecular flexibility index (Phi) is 4.98. The van der Waals surface area contributed by atoms with E-state index in [-0.39, 0.29) is 5.82 Å². The number of benzene rings is 1. The van der Waals surface area contributed by atoms with Gasteiger partial charge in [0.1, 0.15) is 5.82 Å². The molecule has 0 aromatic heterocycles. The van der Waals surface area contributed by atoms with Crippen LogP contribution < -0.4 is 5.32 Å². The summed E-state index contributed by atoms with van der Waals surface area (Å²) < 4.78 is 13.6. The van der Waals surface area contributed by atoms with Gasteiger partial charge in [0.05, 0.1) is 0 Å². The first kappa shape index (κ1) is 14.5. The number of hydrogen-bond acceptors (Lipinski definition) is 1. The molecule has 0 saturated heterocycles. The third-order valence-electron chi connectivity index (χ3n) is 4.50. The van der Waals surface area contributed by atoms with E-state index in [1.54, 1.807) is 0 Å². The summed E-state index contributed by atoms with van der Waals surface area (Å²) in [5.74, 6) is 0.754. The lowest BCUT2D eigenvalue weighted by atomic mass is 9.83. The Hall–Kier alpha value is -0.890. The lowest BCUT2D eigenvalue weighted by Gasteiger charge is -2.31. The van der Waals surface area contributed by atoms with Crippen molar-refractivity contribution in [1.29, 1.82) is 0 Å². The van der Waals surface area contributed by atoms with Gasteiger partial charge in [0.25, 0.3) is 0 Å². The molecule has 0 radical (unpaired) electrons. The molecule has 1 aliphatic carbocycles. The van der Waals surface area contributed by atoms with Gasteiger partial charge in [-0.05, 0) is 49.3 Å². The smallest absolute Gasteiger partial charge is 0.129 e. The van der Waals surface area contributed by atoms with Crippen molar-refractivity contribution in [2.75, 3.05) is 0 Å². The summed E-state index contributed by atoms with van der Waals surface area (Å²) in [6.45, 7) is 6.85. The standard InChI is InChI=1S/C17H26FN/c1-4-15-7-5-6-8-16(15)19-11-14-9-12(2)17(18)13(3)10-14/h9-10,15-16,19H,4-8,11H2,1-3H3. The monoisotopic (exact) mass is 263 g/mol. The number of hydrogen-bond donors (Lipinski definition) is 1. The van der Waals surface area contributed by atoms with Crippen molar-refractivity contribution in [1.82, 2.24) is 5.32 Å². The zero-order chi connectivity index (χ0) is 13.8. The minimum absolute atomic E-state index is 0.0622. The van der Waals surface area contributed by atoms with Crippen LogP contribution in [0.25, 0.3) is 0 Å². The summed E-state index contributed by atoms with van der Waals surface area (Å²) in [6, 6.07) is 4.59. The fourth-order valence-electron chi connectivity index (χ4n) is 3.35. The molecule has 2 atom stereocenters. The van der Waals surface area contributed by atoms with Crippen LogP contribution in [0.3, 0.4) is 0 Å². The van der Waals surface area contributed by atoms with Crippen LogP contribution >= 0.6 is 0 Å². The summed E-state index contributed by atoms with van der Waals surface area (Å²) in [4.78, 5) is 0. The van der Waals surface area contributed by atoms with Gasteiger partial charge in [-0.3, -0.25) is 0 Å². The molecule has 0 spiro atoms. The maximum atomic E-state index is 13.6. The number of nitrogens with one attached hydrogen (secondary N) is 1. The molecule has 1 N–H and O–H groups in total. The SMILES string of the molecule is CCC1CCCCC1NCc1cc(C)c(F)c(C)c1. The molecule has 1 aromatic carbocycles. The van der Waals surface area contributed by atoms with Gasteiger partial charge < -0.3 is 5.32 Å². The van der Waals surface area contributed by atoms with Crippen LogP contribution in [0.1, 0.15) is 55.7 Å². The molecule has 2 rings (SSSR count). The quantitative estimate of drug-likeness (QED) is 0.843. The summed E-state index contributed by atoms with van der Waals surface area (Å²) >= 11 is 0. The fourth-order valence-corrected chi connectivity index (χ4v) is 3.35. The van der Waals surface area contributed by atoms with Crippen molar-refractivity contribution < 1.29 is 4.39 Å². The molecule has 0 heterocycles. The molecular weight excluding hydrogens is 237 g/mol. The van der Waals surface area contributed by atoms with Gasteiger partial charge >= 0.3 is 0 Å². The molecule has 1 aromatic rings. The largest absolute Gasteiger partial charge is 0.310 e. The first-order valence-corrected chi connectivity index (χ1v) is 7.60. The summed E-state index contributed by atoms with van der Waals surface area (Å²) in [7, 11) is 0. The average molecular weight is 263 g/mol. The molecule has 19 heavy (non-hydrogen) atoms. The normalized spacial score (nSPS) is 23.6. The van der Waals surface area contributed by atoms with E-state index in [0.29, 0.717) is 6.04 Å². The van der Waals surface area contributed by atoms with E-state index in [1.165, 1.54) is 37.7 Å². The lowest BCUT2D eigenvalue weighted by molar-refractivity contribution is 0.254.